The van der Waals surface area contributed by atoms with Gasteiger partial charge in [-0.25, -0.2) is 0 Å². The van der Waals surface area contributed by atoms with Gasteiger partial charge in [0.05, 0.1) is 0 Å². The van der Waals surface area contributed by atoms with Gasteiger partial charge in [-0.2, -0.15) is 0 Å². The maximum absolute atomic E-state index is 6.19. The predicted molar refractivity (Wildman–Crippen MR) is 76.1 cm³/mol. The van der Waals surface area contributed by atoms with E-state index >= 15 is 0 Å². The maximum atomic E-state index is 6.19. The minimum atomic E-state index is 0.379. The summed E-state index contributed by atoms with van der Waals surface area (Å²) in [6, 6.07) is 1.04. The molecule has 17 heavy (non-hydrogen) atoms. The number of nitrogens with two attached hydrogens (primary N) is 1. The Labute approximate surface area is 108 Å². The van der Waals surface area contributed by atoms with Gasteiger partial charge in [0.1, 0.15) is 0 Å². The zero-order chi connectivity index (χ0) is 13.1. The maximum Gasteiger partial charge on any atom is 0.0181 e. The van der Waals surface area contributed by atoms with Crippen molar-refractivity contribution in [3.8, 4) is 0 Å². The van der Waals surface area contributed by atoms with Crippen molar-refractivity contribution < 1.29 is 0 Å². The summed E-state index contributed by atoms with van der Waals surface area (Å²) >= 11 is 0. The van der Waals surface area contributed by atoms with E-state index in [9.17, 15) is 0 Å². The molecule has 1 aliphatic rings. The van der Waals surface area contributed by atoms with E-state index in [0.717, 1.165) is 6.42 Å². The lowest BCUT2D eigenvalue weighted by atomic mass is 9.82. The van der Waals surface area contributed by atoms with E-state index in [1.807, 2.05) is 0 Å². The Morgan fingerprint density at radius 1 is 1.29 bits per heavy atom. The van der Waals surface area contributed by atoms with Crippen molar-refractivity contribution in [3.63, 3.8) is 0 Å². The largest absolute Gasteiger partial charge is 0.327 e. The number of unbranched alkanes of at least 4 members (excludes halogenated alkanes) is 1. The van der Waals surface area contributed by atoms with Crippen molar-refractivity contribution in [1.82, 2.24) is 4.90 Å². The second kappa shape index (κ2) is 6.19. The molecule has 0 radical (unpaired) electrons. The van der Waals surface area contributed by atoms with Gasteiger partial charge in [-0.15, -0.1) is 0 Å². The van der Waals surface area contributed by atoms with E-state index < -0.39 is 0 Å². The van der Waals surface area contributed by atoms with Gasteiger partial charge < -0.3 is 5.73 Å². The van der Waals surface area contributed by atoms with Crippen LogP contribution in [-0.2, 0) is 0 Å². The summed E-state index contributed by atoms with van der Waals surface area (Å²) in [7, 11) is 0. The van der Waals surface area contributed by atoms with Crippen LogP contribution in [0.3, 0.4) is 0 Å². The number of likely N-dealkylation sites (tertiary alicyclic amines) is 1. The van der Waals surface area contributed by atoms with E-state index in [4.69, 9.17) is 5.73 Å². The van der Waals surface area contributed by atoms with Crippen LogP contribution >= 0.6 is 0 Å². The van der Waals surface area contributed by atoms with Gasteiger partial charge in [0, 0.05) is 24.2 Å². The molecule has 102 valence electrons. The highest BCUT2D eigenvalue weighted by Crippen LogP contribution is 2.33. The van der Waals surface area contributed by atoms with E-state index in [1.54, 1.807) is 0 Å². The van der Waals surface area contributed by atoms with Gasteiger partial charge in [0.2, 0.25) is 0 Å². The third-order valence-electron chi connectivity index (χ3n) is 4.88. The normalized spacial score (nSPS) is 34.6. The first kappa shape index (κ1) is 15.0. The number of hydrogen-bond donors (Lipinski definition) is 1. The lowest BCUT2D eigenvalue weighted by Gasteiger charge is -2.50. The molecule has 0 saturated carbocycles. The average Bonchev–Trinajstić information content (AvgIpc) is 2.31. The molecule has 1 saturated heterocycles. The van der Waals surface area contributed by atoms with E-state index in [0.29, 0.717) is 23.5 Å². The van der Waals surface area contributed by atoms with Crippen molar-refractivity contribution in [2.45, 2.75) is 84.3 Å². The molecular weight excluding hydrogens is 208 g/mol. The summed E-state index contributed by atoms with van der Waals surface area (Å²) < 4.78 is 0. The highest BCUT2D eigenvalue weighted by molar-refractivity contribution is 4.94. The summed E-state index contributed by atoms with van der Waals surface area (Å²) in [4.78, 5) is 2.73. The first-order chi connectivity index (χ1) is 7.94. The third kappa shape index (κ3) is 3.45. The SMILES string of the molecule is CCCCC(C)(CC)N1C[C@@H](C)C(N)CC1C. The molecule has 0 amide bonds. The molecule has 3 unspecified atom stereocenters. The van der Waals surface area contributed by atoms with Crippen LogP contribution in [0.4, 0.5) is 0 Å². The molecule has 1 fully saturated rings. The van der Waals surface area contributed by atoms with Crippen LogP contribution in [0, 0.1) is 5.92 Å². The van der Waals surface area contributed by atoms with Gasteiger partial charge in [-0.05, 0) is 39.0 Å². The Kier molecular flexibility index (Phi) is 5.46. The molecule has 1 rings (SSSR count). The second-order valence-electron chi connectivity index (χ2n) is 6.33. The molecule has 4 atom stereocenters. The number of hydrogen-bond acceptors (Lipinski definition) is 2. The molecule has 0 aromatic heterocycles. The number of piperidine rings is 1. The summed E-state index contributed by atoms with van der Waals surface area (Å²) in [5, 5.41) is 0. The van der Waals surface area contributed by atoms with Crippen molar-refractivity contribution in [3.05, 3.63) is 0 Å². The summed E-state index contributed by atoms with van der Waals surface area (Å²) in [6.45, 7) is 12.9. The zero-order valence-corrected chi connectivity index (χ0v) is 12.5. The van der Waals surface area contributed by atoms with Gasteiger partial charge in [0.25, 0.3) is 0 Å². The highest BCUT2D eigenvalue weighted by atomic mass is 15.2. The quantitative estimate of drug-likeness (QED) is 0.798. The van der Waals surface area contributed by atoms with Crippen LogP contribution in [0.5, 0.6) is 0 Å². The third-order valence-corrected chi connectivity index (χ3v) is 4.88. The van der Waals surface area contributed by atoms with Gasteiger partial charge >= 0.3 is 0 Å². The number of rotatable bonds is 5. The fourth-order valence-corrected chi connectivity index (χ4v) is 3.21. The van der Waals surface area contributed by atoms with Crippen LogP contribution < -0.4 is 5.73 Å². The van der Waals surface area contributed by atoms with Crippen LogP contribution in [0.2, 0.25) is 0 Å². The monoisotopic (exact) mass is 240 g/mol. The standard InChI is InChI=1S/C15H32N2/c1-6-8-9-15(5,7-2)17-11-12(3)14(16)10-13(17)4/h12-14H,6-11,16H2,1-5H3/t12-,13?,14?,15?/m1/s1. The molecule has 0 aromatic rings. The van der Waals surface area contributed by atoms with Crippen LogP contribution in [0.25, 0.3) is 0 Å². The summed E-state index contributed by atoms with van der Waals surface area (Å²) in [5.41, 5.74) is 6.57. The average molecular weight is 240 g/mol. The first-order valence-electron chi connectivity index (χ1n) is 7.47. The zero-order valence-electron chi connectivity index (χ0n) is 12.5. The molecule has 0 aliphatic carbocycles. The predicted octanol–water partition coefficient (Wildman–Crippen LogP) is 3.40. The minimum Gasteiger partial charge on any atom is -0.327 e. The van der Waals surface area contributed by atoms with Crippen molar-refractivity contribution in [2.75, 3.05) is 6.54 Å². The Bertz CT molecular complexity index is 229. The van der Waals surface area contributed by atoms with Crippen molar-refractivity contribution in [2.24, 2.45) is 11.7 Å². The van der Waals surface area contributed by atoms with Crippen LogP contribution in [0.15, 0.2) is 0 Å². The molecule has 1 heterocycles. The van der Waals surface area contributed by atoms with Crippen molar-refractivity contribution in [1.29, 1.82) is 0 Å². The van der Waals surface area contributed by atoms with Crippen LogP contribution in [-0.4, -0.2) is 29.1 Å². The van der Waals surface area contributed by atoms with Crippen LogP contribution in [0.1, 0.15) is 66.7 Å². The smallest absolute Gasteiger partial charge is 0.0181 e. The van der Waals surface area contributed by atoms with E-state index in [2.05, 4.69) is 39.5 Å². The molecular formula is C15H32N2. The molecule has 0 spiro atoms. The fraction of sp³-hybridized carbons (Fsp3) is 1.00. The van der Waals surface area contributed by atoms with Gasteiger partial charge in [-0.3, -0.25) is 4.90 Å². The minimum absolute atomic E-state index is 0.379. The Morgan fingerprint density at radius 2 is 1.94 bits per heavy atom. The molecule has 2 N–H and O–H groups in total. The van der Waals surface area contributed by atoms with E-state index in [-0.39, 0.29) is 0 Å². The first-order valence-corrected chi connectivity index (χ1v) is 7.47. The Morgan fingerprint density at radius 3 is 2.47 bits per heavy atom. The molecule has 0 aromatic carbocycles. The molecule has 2 nitrogen and oxygen atoms in total. The molecule has 0 bridgehead atoms. The van der Waals surface area contributed by atoms with Gasteiger partial charge in [-0.1, -0.05) is 33.6 Å². The Balaban J connectivity index is 2.73. The van der Waals surface area contributed by atoms with Crippen molar-refractivity contribution >= 4 is 0 Å². The summed E-state index contributed by atoms with van der Waals surface area (Å²) in [6.07, 6.45) is 6.37. The number of nitrogens with zero attached hydrogens (tertiary/aromatic N) is 1. The molecule has 2 heteroatoms. The van der Waals surface area contributed by atoms with Gasteiger partial charge in [0.15, 0.2) is 0 Å². The van der Waals surface area contributed by atoms with E-state index in [1.165, 1.54) is 32.2 Å². The Hall–Kier alpha value is -0.0800. The highest BCUT2D eigenvalue weighted by Gasteiger charge is 2.38. The topological polar surface area (TPSA) is 29.3 Å². The second-order valence-corrected chi connectivity index (χ2v) is 6.33. The lowest BCUT2D eigenvalue weighted by molar-refractivity contribution is -0.000427. The fourth-order valence-electron chi connectivity index (χ4n) is 3.21. The molecule has 1 aliphatic heterocycles. The lowest BCUT2D eigenvalue weighted by Crippen LogP contribution is -2.59. The summed E-state index contributed by atoms with van der Waals surface area (Å²) in [5.74, 6) is 0.638.